The SMILES string of the molecule is Cn1cc(-c2cc(-c3nc(N4CCNC(C)(C)C4)c4c(C5CC5)cncc4n3)ccn2)cn1. The van der Waals surface area contributed by atoms with Gasteiger partial charge in [-0.1, -0.05) is 0 Å². The molecule has 0 aromatic carbocycles. The molecule has 8 nitrogen and oxygen atoms in total. The summed E-state index contributed by atoms with van der Waals surface area (Å²) in [5.41, 5.74) is 5.00. The quantitative estimate of drug-likeness (QED) is 0.519. The smallest absolute Gasteiger partial charge is 0.162 e. The Bertz CT molecular complexity index is 1340. The molecule has 0 bridgehead atoms. The zero-order chi connectivity index (χ0) is 22.6. The molecule has 2 aliphatic rings. The lowest BCUT2D eigenvalue weighted by Gasteiger charge is -2.40. The molecule has 4 aromatic rings. The van der Waals surface area contributed by atoms with Crippen molar-refractivity contribution in [3.05, 3.63) is 48.7 Å². The lowest BCUT2D eigenvalue weighted by Crippen LogP contribution is -2.57. The van der Waals surface area contributed by atoms with E-state index in [4.69, 9.17) is 9.97 Å². The predicted molar refractivity (Wildman–Crippen MR) is 129 cm³/mol. The van der Waals surface area contributed by atoms with E-state index >= 15 is 0 Å². The van der Waals surface area contributed by atoms with E-state index < -0.39 is 0 Å². The molecular weight excluding hydrogens is 412 g/mol. The lowest BCUT2D eigenvalue weighted by atomic mass is 10.0. The molecule has 1 saturated carbocycles. The van der Waals surface area contributed by atoms with Crippen molar-refractivity contribution in [2.75, 3.05) is 24.5 Å². The number of fused-ring (bicyclic) bond motifs is 1. The number of pyridine rings is 2. The Morgan fingerprint density at radius 2 is 1.97 bits per heavy atom. The van der Waals surface area contributed by atoms with Crippen LogP contribution in [0.25, 0.3) is 33.5 Å². The van der Waals surface area contributed by atoms with Crippen LogP contribution < -0.4 is 10.2 Å². The summed E-state index contributed by atoms with van der Waals surface area (Å²) in [5, 5.41) is 9.06. The van der Waals surface area contributed by atoms with E-state index in [1.54, 1.807) is 4.68 Å². The summed E-state index contributed by atoms with van der Waals surface area (Å²) in [5.74, 6) is 2.30. The Morgan fingerprint density at radius 1 is 1.09 bits per heavy atom. The van der Waals surface area contributed by atoms with Crippen molar-refractivity contribution in [1.29, 1.82) is 0 Å². The summed E-state index contributed by atoms with van der Waals surface area (Å²) < 4.78 is 1.78. The van der Waals surface area contributed by atoms with Crippen molar-refractivity contribution in [1.82, 2.24) is 35.0 Å². The molecular formula is C25H28N8. The zero-order valence-electron chi connectivity index (χ0n) is 19.3. The molecule has 1 aliphatic carbocycles. The molecule has 33 heavy (non-hydrogen) atoms. The number of rotatable bonds is 4. The highest BCUT2D eigenvalue weighted by molar-refractivity contribution is 5.94. The van der Waals surface area contributed by atoms with E-state index in [0.29, 0.717) is 11.7 Å². The third-order valence-corrected chi connectivity index (χ3v) is 6.52. The van der Waals surface area contributed by atoms with Gasteiger partial charge in [0.25, 0.3) is 0 Å². The molecule has 0 amide bonds. The average Bonchev–Trinajstić information content (AvgIpc) is 3.57. The first kappa shape index (κ1) is 20.2. The van der Waals surface area contributed by atoms with Crippen LogP contribution in [0, 0.1) is 0 Å². The van der Waals surface area contributed by atoms with Gasteiger partial charge < -0.3 is 10.2 Å². The summed E-state index contributed by atoms with van der Waals surface area (Å²) in [6, 6.07) is 4.02. The number of nitrogens with zero attached hydrogens (tertiary/aromatic N) is 7. The van der Waals surface area contributed by atoms with Gasteiger partial charge in [-0.2, -0.15) is 5.10 Å². The van der Waals surface area contributed by atoms with Crippen molar-refractivity contribution in [3.8, 4) is 22.6 Å². The van der Waals surface area contributed by atoms with E-state index in [-0.39, 0.29) is 5.54 Å². The maximum atomic E-state index is 5.18. The largest absolute Gasteiger partial charge is 0.353 e. The lowest BCUT2D eigenvalue weighted by molar-refractivity contribution is 0.352. The van der Waals surface area contributed by atoms with Crippen molar-refractivity contribution in [2.45, 2.75) is 38.1 Å². The Morgan fingerprint density at radius 3 is 2.73 bits per heavy atom. The molecule has 4 aromatic heterocycles. The number of aryl methyl sites for hydroxylation is 1. The number of anilines is 1. The highest BCUT2D eigenvalue weighted by Gasteiger charge is 2.32. The van der Waals surface area contributed by atoms with Crippen LogP contribution in [-0.2, 0) is 7.05 Å². The third-order valence-electron chi connectivity index (χ3n) is 6.52. The number of piperazine rings is 1. The summed E-state index contributed by atoms with van der Waals surface area (Å²) in [4.78, 5) is 21.7. The fourth-order valence-corrected chi connectivity index (χ4v) is 4.75. The molecule has 6 rings (SSSR count). The molecule has 168 valence electrons. The van der Waals surface area contributed by atoms with Crippen molar-refractivity contribution in [3.63, 3.8) is 0 Å². The normalized spacial score (nSPS) is 18.1. The van der Waals surface area contributed by atoms with Crippen LogP contribution in [0.4, 0.5) is 5.82 Å². The van der Waals surface area contributed by atoms with Gasteiger partial charge in [0.05, 0.1) is 23.6 Å². The second-order valence-corrected chi connectivity index (χ2v) is 9.83. The first-order valence-electron chi connectivity index (χ1n) is 11.6. The minimum Gasteiger partial charge on any atom is -0.353 e. The number of hydrogen-bond donors (Lipinski definition) is 1. The van der Waals surface area contributed by atoms with Crippen molar-refractivity contribution in [2.24, 2.45) is 7.05 Å². The van der Waals surface area contributed by atoms with Gasteiger partial charge in [-0.25, -0.2) is 9.97 Å². The molecule has 1 aliphatic heterocycles. The van der Waals surface area contributed by atoms with E-state index in [0.717, 1.165) is 53.2 Å². The first-order chi connectivity index (χ1) is 16.0. The third kappa shape index (κ3) is 3.84. The minimum atomic E-state index is 0.0204. The summed E-state index contributed by atoms with van der Waals surface area (Å²) >= 11 is 0. The fourth-order valence-electron chi connectivity index (χ4n) is 4.75. The van der Waals surface area contributed by atoms with Gasteiger partial charge in [0.15, 0.2) is 5.82 Å². The number of nitrogens with one attached hydrogen (secondary N) is 1. The van der Waals surface area contributed by atoms with Crippen LogP contribution >= 0.6 is 0 Å². The molecule has 0 atom stereocenters. The van der Waals surface area contributed by atoms with E-state index in [1.165, 1.54) is 18.4 Å². The number of hydrogen-bond acceptors (Lipinski definition) is 7. The van der Waals surface area contributed by atoms with E-state index in [1.807, 2.05) is 50.2 Å². The monoisotopic (exact) mass is 440 g/mol. The summed E-state index contributed by atoms with van der Waals surface area (Å²) in [7, 11) is 1.91. The van der Waals surface area contributed by atoms with Gasteiger partial charge in [0.2, 0.25) is 0 Å². The molecule has 1 saturated heterocycles. The molecule has 0 unspecified atom stereocenters. The van der Waals surface area contributed by atoms with Gasteiger partial charge in [-0.3, -0.25) is 14.6 Å². The van der Waals surface area contributed by atoms with Crippen LogP contribution in [0.5, 0.6) is 0 Å². The van der Waals surface area contributed by atoms with Crippen molar-refractivity contribution < 1.29 is 0 Å². The molecule has 0 spiro atoms. The number of aromatic nitrogens is 6. The molecule has 2 fully saturated rings. The summed E-state index contributed by atoms with van der Waals surface area (Å²) in [6.45, 7) is 7.23. The van der Waals surface area contributed by atoms with Gasteiger partial charge >= 0.3 is 0 Å². The first-order valence-corrected chi connectivity index (χ1v) is 11.6. The van der Waals surface area contributed by atoms with Crippen molar-refractivity contribution >= 4 is 16.7 Å². The summed E-state index contributed by atoms with van der Waals surface area (Å²) in [6.07, 6.45) is 11.9. The van der Waals surface area contributed by atoms with Crippen LogP contribution in [-0.4, -0.2) is 54.9 Å². The van der Waals surface area contributed by atoms with Crippen LogP contribution in [0.1, 0.15) is 38.2 Å². The molecule has 8 heteroatoms. The zero-order valence-corrected chi connectivity index (χ0v) is 19.3. The van der Waals surface area contributed by atoms with E-state index in [2.05, 4.69) is 39.1 Å². The Kier molecular flexibility index (Phi) is 4.65. The van der Waals surface area contributed by atoms with Gasteiger partial charge in [0, 0.05) is 67.3 Å². The highest BCUT2D eigenvalue weighted by atomic mass is 15.3. The fraction of sp³-hybridized carbons (Fsp3) is 0.400. The van der Waals surface area contributed by atoms with Gasteiger partial charge in [0.1, 0.15) is 5.82 Å². The van der Waals surface area contributed by atoms with Gasteiger partial charge in [-0.05, 0) is 50.3 Å². The molecule has 0 radical (unpaired) electrons. The maximum absolute atomic E-state index is 5.18. The topological polar surface area (TPSA) is 84.7 Å². The Labute approximate surface area is 193 Å². The minimum absolute atomic E-state index is 0.0204. The van der Waals surface area contributed by atoms with Crippen LogP contribution in [0.2, 0.25) is 0 Å². The Balaban J connectivity index is 1.51. The van der Waals surface area contributed by atoms with Crippen LogP contribution in [0.15, 0.2) is 43.1 Å². The highest BCUT2D eigenvalue weighted by Crippen LogP contribution is 2.45. The standard InChI is InChI=1S/C25H28N8/c1-25(2)15-33(9-8-28-25)24-22-19(16-4-5-16)12-26-13-21(22)30-23(31-24)17-6-7-27-20(10-17)18-11-29-32(3)14-18/h6-7,10-14,16,28H,4-5,8-9,15H2,1-3H3. The van der Waals surface area contributed by atoms with Gasteiger partial charge in [-0.15, -0.1) is 0 Å². The predicted octanol–water partition coefficient (Wildman–Crippen LogP) is 3.55. The van der Waals surface area contributed by atoms with Crippen LogP contribution in [0.3, 0.4) is 0 Å². The maximum Gasteiger partial charge on any atom is 0.162 e. The molecule has 1 N–H and O–H groups in total. The van der Waals surface area contributed by atoms with E-state index in [9.17, 15) is 0 Å². The second kappa shape index (κ2) is 7.59. The Hall–Kier alpha value is -3.39. The average molecular weight is 441 g/mol. The second-order valence-electron chi connectivity index (χ2n) is 9.83. The molecule has 5 heterocycles.